The predicted molar refractivity (Wildman–Crippen MR) is 66.9 cm³/mol. The Balaban J connectivity index is 2.88. The highest BCUT2D eigenvalue weighted by atomic mass is 32.2. The Hall–Kier alpha value is -0.980. The molecule has 17 heavy (non-hydrogen) atoms. The van der Waals surface area contributed by atoms with Crippen LogP contribution in [0.5, 0.6) is 0 Å². The zero-order valence-electron chi connectivity index (χ0n) is 10.3. The first-order valence-corrected chi connectivity index (χ1v) is 7.07. The van der Waals surface area contributed by atoms with E-state index in [1.807, 2.05) is 6.92 Å². The van der Waals surface area contributed by atoms with Crippen molar-refractivity contribution in [2.24, 2.45) is 5.73 Å². The van der Waals surface area contributed by atoms with Crippen LogP contribution in [-0.2, 0) is 16.6 Å². The van der Waals surface area contributed by atoms with Gasteiger partial charge in [-0.3, -0.25) is 4.98 Å². The molecule has 6 heteroatoms. The normalized spacial score (nSPS) is 12.0. The number of aromatic nitrogens is 1. The van der Waals surface area contributed by atoms with Gasteiger partial charge in [0.05, 0.1) is 5.69 Å². The van der Waals surface area contributed by atoms with Crippen LogP contribution < -0.4 is 5.73 Å². The standard InChI is InChI=1S/C11H19N3O2S/c1-3-4-7-14(2)17(15,16)11-6-5-10(8-12)13-9-11/h5-6,9H,3-4,7-8,12H2,1-2H3. The number of unbranched alkanes of at least 4 members (excludes halogenated alkanes) is 1. The van der Waals surface area contributed by atoms with Crippen molar-refractivity contribution >= 4 is 10.0 Å². The largest absolute Gasteiger partial charge is 0.325 e. The van der Waals surface area contributed by atoms with Gasteiger partial charge in [0.15, 0.2) is 0 Å². The van der Waals surface area contributed by atoms with E-state index in [0.717, 1.165) is 12.8 Å². The summed E-state index contributed by atoms with van der Waals surface area (Å²) in [6.07, 6.45) is 3.17. The van der Waals surface area contributed by atoms with Gasteiger partial charge < -0.3 is 5.73 Å². The van der Waals surface area contributed by atoms with E-state index in [4.69, 9.17) is 5.73 Å². The van der Waals surface area contributed by atoms with E-state index in [1.54, 1.807) is 19.2 Å². The van der Waals surface area contributed by atoms with Gasteiger partial charge in [-0.1, -0.05) is 13.3 Å². The molecule has 96 valence electrons. The lowest BCUT2D eigenvalue weighted by Crippen LogP contribution is -2.28. The van der Waals surface area contributed by atoms with Gasteiger partial charge in [-0.15, -0.1) is 0 Å². The number of sulfonamides is 1. The first-order valence-electron chi connectivity index (χ1n) is 5.63. The van der Waals surface area contributed by atoms with Crippen LogP contribution >= 0.6 is 0 Å². The zero-order chi connectivity index (χ0) is 12.9. The van der Waals surface area contributed by atoms with E-state index in [0.29, 0.717) is 18.8 Å². The van der Waals surface area contributed by atoms with Crippen molar-refractivity contribution < 1.29 is 8.42 Å². The van der Waals surface area contributed by atoms with Crippen molar-refractivity contribution in [2.45, 2.75) is 31.2 Å². The Morgan fingerprint density at radius 3 is 2.59 bits per heavy atom. The van der Waals surface area contributed by atoms with Gasteiger partial charge >= 0.3 is 0 Å². The maximum atomic E-state index is 12.1. The lowest BCUT2D eigenvalue weighted by Gasteiger charge is -2.16. The van der Waals surface area contributed by atoms with E-state index in [9.17, 15) is 8.42 Å². The Morgan fingerprint density at radius 2 is 2.12 bits per heavy atom. The molecule has 0 radical (unpaired) electrons. The van der Waals surface area contributed by atoms with E-state index in [2.05, 4.69) is 4.98 Å². The molecule has 1 aromatic heterocycles. The molecule has 1 rings (SSSR count). The number of pyridine rings is 1. The summed E-state index contributed by atoms with van der Waals surface area (Å²) in [5, 5.41) is 0. The highest BCUT2D eigenvalue weighted by Gasteiger charge is 2.20. The topological polar surface area (TPSA) is 76.3 Å². The lowest BCUT2D eigenvalue weighted by atomic mass is 10.3. The number of hydrogen-bond donors (Lipinski definition) is 1. The number of rotatable bonds is 6. The van der Waals surface area contributed by atoms with Gasteiger partial charge in [0.25, 0.3) is 0 Å². The Bertz CT molecular complexity index is 442. The van der Waals surface area contributed by atoms with Gasteiger partial charge in [-0.25, -0.2) is 12.7 Å². The van der Waals surface area contributed by atoms with Crippen LogP contribution in [-0.4, -0.2) is 31.3 Å². The molecule has 0 aliphatic heterocycles. The predicted octanol–water partition coefficient (Wildman–Crippen LogP) is 0.961. The molecular weight excluding hydrogens is 238 g/mol. The lowest BCUT2D eigenvalue weighted by molar-refractivity contribution is 0.459. The molecule has 0 saturated heterocycles. The van der Waals surface area contributed by atoms with E-state index in [1.165, 1.54) is 10.5 Å². The van der Waals surface area contributed by atoms with Crippen molar-refractivity contribution in [1.29, 1.82) is 0 Å². The monoisotopic (exact) mass is 257 g/mol. The van der Waals surface area contributed by atoms with E-state index < -0.39 is 10.0 Å². The molecule has 0 amide bonds. The molecule has 0 spiro atoms. The fourth-order valence-electron chi connectivity index (χ4n) is 1.37. The molecule has 0 aliphatic carbocycles. The summed E-state index contributed by atoms with van der Waals surface area (Å²) < 4.78 is 25.5. The summed E-state index contributed by atoms with van der Waals surface area (Å²) in [4.78, 5) is 4.21. The summed E-state index contributed by atoms with van der Waals surface area (Å²) >= 11 is 0. The van der Waals surface area contributed by atoms with E-state index in [-0.39, 0.29) is 4.90 Å². The average molecular weight is 257 g/mol. The van der Waals surface area contributed by atoms with Gasteiger partial charge in [-0.05, 0) is 18.6 Å². The van der Waals surface area contributed by atoms with Crippen LogP contribution in [0.25, 0.3) is 0 Å². The van der Waals surface area contributed by atoms with Crippen molar-refractivity contribution in [3.8, 4) is 0 Å². The summed E-state index contributed by atoms with van der Waals surface area (Å²) in [7, 11) is -1.82. The van der Waals surface area contributed by atoms with Gasteiger partial charge in [0.2, 0.25) is 10.0 Å². The van der Waals surface area contributed by atoms with Gasteiger partial charge in [0.1, 0.15) is 4.90 Å². The first-order chi connectivity index (χ1) is 8.02. The maximum Gasteiger partial charge on any atom is 0.244 e. The van der Waals surface area contributed by atoms with Gasteiger partial charge in [-0.2, -0.15) is 0 Å². The molecule has 0 unspecified atom stereocenters. The van der Waals surface area contributed by atoms with Crippen LogP contribution in [0, 0.1) is 0 Å². The molecule has 5 nitrogen and oxygen atoms in total. The summed E-state index contributed by atoms with van der Waals surface area (Å²) in [6, 6.07) is 3.19. The third-order valence-corrected chi connectivity index (χ3v) is 4.38. The molecular formula is C11H19N3O2S. The minimum atomic E-state index is -3.41. The second kappa shape index (κ2) is 6.09. The van der Waals surface area contributed by atoms with Crippen molar-refractivity contribution in [2.75, 3.05) is 13.6 Å². The molecule has 0 fully saturated rings. The number of nitrogens with zero attached hydrogens (tertiary/aromatic N) is 2. The Kier molecular flexibility index (Phi) is 5.04. The molecule has 0 bridgehead atoms. The van der Waals surface area contributed by atoms with Crippen LogP contribution in [0.2, 0.25) is 0 Å². The molecule has 0 saturated carbocycles. The number of hydrogen-bond acceptors (Lipinski definition) is 4. The minimum absolute atomic E-state index is 0.216. The van der Waals surface area contributed by atoms with E-state index >= 15 is 0 Å². The molecule has 1 aromatic rings. The quantitative estimate of drug-likeness (QED) is 0.823. The Morgan fingerprint density at radius 1 is 1.41 bits per heavy atom. The van der Waals surface area contributed by atoms with Gasteiger partial charge in [0, 0.05) is 26.3 Å². The zero-order valence-corrected chi connectivity index (χ0v) is 11.1. The SMILES string of the molecule is CCCCN(C)S(=O)(=O)c1ccc(CN)nc1. The second-order valence-electron chi connectivity index (χ2n) is 3.87. The number of nitrogens with two attached hydrogens (primary N) is 1. The highest BCUT2D eigenvalue weighted by Crippen LogP contribution is 2.13. The van der Waals surface area contributed by atoms with Crippen molar-refractivity contribution in [3.63, 3.8) is 0 Å². The average Bonchev–Trinajstić information content (AvgIpc) is 2.35. The van der Waals surface area contributed by atoms with Crippen LogP contribution in [0.15, 0.2) is 23.2 Å². The third-order valence-electron chi connectivity index (χ3n) is 2.54. The summed E-state index contributed by atoms with van der Waals surface area (Å²) in [5.74, 6) is 0. The molecule has 0 atom stereocenters. The fraction of sp³-hybridized carbons (Fsp3) is 0.545. The molecule has 1 heterocycles. The van der Waals surface area contributed by atoms with Crippen LogP contribution in [0.4, 0.5) is 0 Å². The maximum absolute atomic E-state index is 12.1. The van der Waals surface area contributed by atoms with Crippen LogP contribution in [0.1, 0.15) is 25.5 Å². The minimum Gasteiger partial charge on any atom is -0.325 e. The first kappa shape index (κ1) is 14.1. The Labute approximate surface area is 103 Å². The molecule has 0 aliphatic rings. The highest BCUT2D eigenvalue weighted by molar-refractivity contribution is 7.89. The fourth-order valence-corrected chi connectivity index (χ4v) is 2.52. The van der Waals surface area contributed by atoms with Crippen LogP contribution in [0.3, 0.4) is 0 Å². The summed E-state index contributed by atoms with van der Waals surface area (Å²) in [6.45, 7) is 2.86. The van der Waals surface area contributed by atoms with Crippen molar-refractivity contribution in [1.82, 2.24) is 9.29 Å². The molecule has 0 aromatic carbocycles. The second-order valence-corrected chi connectivity index (χ2v) is 5.91. The molecule has 2 N–H and O–H groups in total. The third kappa shape index (κ3) is 3.49. The summed E-state index contributed by atoms with van der Waals surface area (Å²) in [5.41, 5.74) is 6.09. The smallest absolute Gasteiger partial charge is 0.244 e. The van der Waals surface area contributed by atoms with Crippen molar-refractivity contribution in [3.05, 3.63) is 24.0 Å².